The van der Waals surface area contributed by atoms with Gasteiger partial charge in [0.15, 0.2) is 0 Å². The van der Waals surface area contributed by atoms with Crippen LogP contribution in [0.5, 0.6) is 0 Å². The van der Waals surface area contributed by atoms with Crippen LogP contribution in [0, 0.1) is 10.1 Å². The lowest BCUT2D eigenvalue weighted by molar-refractivity contribution is -0.384. The Morgan fingerprint density at radius 3 is 2.25 bits per heavy atom. The molecule has 0 radical (unpaired) electrons. The zero-order valence-corrected chi connectivity index (χ0v) is 14.2. The molecule has 9 heteroatoms. The molecule has 0 bridgehead atoms. The summed E-state index contributed by atoms with van der Waals surface area (Å²) in [6, 6.07) is 3.33. The Bertz CT molecular complexity index is 534. The average molecular weight is 359 g/mol. The average Bonchev–Trinajstić information content (AvgIpc) is 2.57. The van der Waals surface area contributed by atoms with Crippen LogP contribution < -0.4 is 11.1 Å². The van der Waals surface area contributed by atoms with Gasteiger partial charge in [0, 0.05) is 44.6 Å². The molecule has 0 unspecified atom stereocenters. The van der Waals surface area contributed by atoms with E-state index >= 15 is 0 Å². The Kier molecular flexibility index (Phi) is 7.64. The molecule has 0 spiro atoms. The summed E-state index contributed by atoms with van der Waals surface area (Å²) in [5.41, 5.74) is 5.50. The van der Waals surface area contributed by atoms with E-state index in [-0.39, 0.29) is 22.7 Å². The summed E-state index contributed by atoms with van der Waals surface area (Å²) < 4.78 is 10.3. The molecule has 0 aliphatic carbocycles. The lowest BCUT2D eigenvalue weighted by Gasteiger charge is -2.23. The van der Waals surface area contributed by atoms with Crippen molar-refractivity contribution in [1.29, 1.82) is 0 Å². The molecule has 0 atom stereocenters. The Morgan fingerprint density at radius 2 is 1.75 bits per heavy atom. The first-order chi connectivity index (χ1) is 11.6. The second kappa shape index (κ2) is 9.73. The molecule has 1 aromatic heterocycles. The van der Waals surface area contributed by atoms with Crippen molar-refractivity contribution >= 4 is 23.1 Å². The summed E-state index contributed by atoms with van der Waals surface area (Å²) in [4.78, 5) is 14.3. The first-order valence-corrected chi connectivity index (χ1v) is 8.42. The van der Waals surface area contributed by atoms with Gasteiger partial charge in [0.05, 0.1) is 4.92 Å². The molecule has 24 heavy (non-hydrogen) atoms. The highest BCUT2D eigenvalue weighted by molar-refractivity contribution is 6.29. The largest absolute Gasteiger partial charge is 0.381 e. The van der Waals surface area contributed by atoms with E-state index < -0.39 is 4.92 Å². The number of hydrogen-bond acceptors (Lipinski definition) is 7. The van der Waals surface area contributed by atoms with E-state index in [2.05, 4.69) is 10.3 Å². The van der Waals surface area contributed by atoms with Crippen LogP contribution in [0.4, 0.5) is 11.5 Å². The fraction of sp³-hybridized carbons (Fsp3) is 0.667. The maximum Gasteiger partial charge on any atom is 0.311 e. The van der Waals surface area contributed by atoms with E-state index in [4.69, 9.17) is 26.8 Å². The highest BCUT2D eigenvalue weighted by Crippen LogP contribution is 2.26. The van der Waals surface area contributed by atoms with Gasteiger partial charge in [0.25, 0.3) is 0 Å². The summed E-state index contributed by atoms with van der Waals surface area (Å²) in [5, 5.41) is 14.1. The van der Waals surface area contributed by atoms with E-state index in [1.807, 2.05) is 0 Å². The fourth-order valence-corrected chi connectivity index (χ4v) is 2.58. The summed E-state index contributed by atoms with van der Waals surface area (Å²) in [7, 11) is 0. The van der Waals surface area contributed by atoms with Crippen LogP contribution in [-0.2, 0) is 9.47 Å². The van der Waals surface area contributed by atoms with E-state index in [1.54, 1.807) is 0 Å². The number of pyridine rings is 1. The van der Waals surface area contributed by atoms with Gasteiger partial charge in [0.2, 0.25) is 5.82 Å². The van der Waals surface area contributed by atoms with Crippen molar-refractivity contribution in [2.75, 3.05) is 31.7 Å². The number of nitrogens with one attached hydrogen (secondary N) is 1. The predicted molar refractivity (Wildman–Crippen MR) is 91.4 cm³/mol. The Morgan fingerprint density at radius 1 is 1.17 bits per heavy atom. The van der Waals surface area contributed by atoms with Gasteiger partial charge in [-0.1, -0.05) is 11.6 Å². The summed E-state index contributed by atoms with van der Waals surface area (Å²) >= 11 is 5.74. The molecule has 3 N–H and O–H groups in total. The number of aromatic nitrogens is 1. The summed E-state index contributed by atoms with van der Waals surface area (Å²) in [6.45, 7) is 3.04. The van der Waals surface area contributed by atoms with Gasteiger partial charge < -0.3 is 20.5 Å². The van der Waals surface area contributed by atoms with Crippen molar-refractivity contribution in [2.24, 2.45) is 5.73 Å². The number of ether oxygens (including phenoxy) is 2. The highest BCUT2D eigenvalue weighted by atomic mass is 35.5. The molecule has 0 saturated carbocycles. The predicted octanol–water partition coefficient (Wildman–Crippen LogP) is 2.36. The zero-order valence-electron chi connectivity index (χ0n) is 13.4. The molecule has 2 fully saturated rings. The molecule has 3 rings (SSSR count). The van der Waals surface area contributed by atoms with Crippen LogP contribution in [0.3, 0.4) is 0 Å². The highest BCUT2D eigenvalue weighted by Gasteiger charge is 2.20. The normalized spacial score (nSPS) is 19.2. The SMILES string of the molecule is NC1CCOCC1.O=[N+]([O-])c1ccc(Cl)nc1NC1CCOCC1. The van der Waals surface area contributed by atoms with Crippen LogP contribution in [-0.4, -0.2) is 48.4 Å². The molecular weight excluding hydrogens is 336 g/mol. The first-order valence-electron chi connectivity index (χ1n) is 8.05. The van der Waals surface area contributed by atoms with Gasteiger partial charge in [-0.2, -0.15) is 0 Å². The lowest BCUT2D eigenvalue weighted by Crippen LogP contribution is -2.28. The van der Waals surface area contributed by atoms with Crippen molar-refractivity contribution in [1.82, 2.24) is 4.98 Å². The number of nitrogens with zero attached hydrogens (tertiary/aromatic N) is 2. The smallest absolute Gasteiger partial charge is 0.311 e. The number of rotatable bonds is 3. The van der Waals surface area contributed by atoms with Crippen molar-refractivity contribution in [3.05, 3.63) is 27.4 Å². The number of nitrogens with two attached hydrogens (primary N) is 1. The van der Waals surface area contributed by atoms with E-state index in [0.717, 1.165) is 38.9 Å². The molecular formula is C15H23ClN4O4. The minimum Gasteiger partial charge on any atom is -0.381 e. The zero-order chi connectivity index (χ0) is 17.4. The molecule has 3 heterocycles. The molecule has 8 nitrogen and oxygen atoms in total. The van der Waals surface area contributed by atoms with Crippen LogP contribution >= 0.6 is 11.6 Å². The molecule has 1 aromatic rings. The fourth-order valence-electron chi connectivity index (χ4n) is 2.43. The van der Waals surface area contributed by atoms with E-state index in [1.165, 1.54) is 12.1 Å². The number of anilines is 1. The molecule has 0 amide bonds. The first kappa shape index (κ1) is 18.9. The van der Waals surface area contributed by atoms with E-state index in [9.17, 15) is 10.1 Å². The Hall–Kier alpha value is -1.48. The molecule has 2 aliphatic rings. The number of hydrogen-bond donors (Lipinski definition) is 2. The molecule has 0 aromatic carbocycles. The third-order valence-corrected chi connectivity index (χ3v) is 4.08. The quantitative estimate of drug-likeness (QED) is 0.484. The Labute approximate surface area is 145 Å². The van der Waals surface area contributed by atoms with Crippen molar-refractivity contribution in [3.8, 4) is 0 Å². The van der Waals surface area contributed by atoms with Crippen molar-refractivity contribution in [2.45, 2.75) is 37.8 Å². The van der Waals surface area contributed by atoms with Gasteiger partial charge >= 0.3 is 5.69 Å². The third-order valence-electron chi connectivity index (χ3n) is 3.86. The topological polar surface area (TPSA) is 113 Å². The maximum absolute atomic E-state index is 10.8. The summed E-state index contributed by atoms with van der Waals surface area (Å²) in [5.74, 6) is 0.231. The molecule has 2 saturated heterocycles. The van der Waals surface area contributed by atoms with Gasteiger partial charge in [0.1, 0.15) is 5.15 Å². The second-order valence-corrected chi connectivity index (χ2v) is 6.13. The minimum atomic E-state index is -0.467. The van der Waals surface area contributed by atoms with Crippen LogP contribution in [0.1, 0.15) is 25.7 Å². The van der Waals surface area contributed by atoms with Gasteiger partial charge in [-0.05, 0) is 31.7 Å². The van der Waals surface area contributed by atoms with E-state index in [0.29, 0.717) is 19.3 Å². The third kappa shape index (κ3) is 6.20. The van der Waals surface area contributed by atoms with Crippen molar-refractivity contribution in [3.63, 3.8) is 0 Å². The molecule has 134 valence electrons. The number of nitro groups is 1. The van der Waals surface area contributed by atoms with Crippen LogP contribution in [0.2, 0.25) is 5.15 Å². The van der Waals surface area contributed by atoms with Crippen LogP contribution in [0.25, 0.3) is 0 Å². The summed E-state index contributed by atoms with van der Waals surface area (Å²) in [6.07, 6.45) is 3.71. The van der Waals surface area contributed by atoms with Crippen molar-refractivity contribution < 1.29 is 14.4 Å². The van der Waals surface area contributed by atoms with Gasteiger partial charge in [-0.25, -0.2) is 4.98 Å². The second-order valence-electron chi connectivity index (χ2n) is 5.74. The lowest BCUT2D eigenvalue weighted by atomic mass is 10.1. The molecule has 2 aliphatic heterocycles. The van der Waals surface area contributed by atoms with Gasteiger partial charge in [-0.3, -0.25) is 10.1 Å². The minimum absolute atomic E-state index is 0.0547. The maximum atomic E-state index is 10.8. The van der Waals surface area contributed by atoms with Gasteiger partial charge in [-0.15, -0.1) is 0 Å². The Balaban J connectivity index is 0.000000249. The number of halogens is 1. The standard InChI is InChI=1S/C10H12ClN3O3.C5H11NO/c11-9-2-1-8(14(15)16)10(13-9)12-7-3-5-17-6-4-7;6-5-1-3-7-4-2-5/h1-2,7H,3-6H2,(H,12,13);5H,1-4,6H2. The van der Waals surface area contributed by atoms with Crippen LogP contribution in [0.15, 0.2) is 12.1 Å². The monoisotopic (exact) mass is 358 g/mol.